The van der Waals surface area contributed by atoms with Gasteiger partial charge in [-0.3, -0.25) is 9.69 Å². The zero-order chi connectivity index (χ0) is 20.9. The van der Waals surface area contributed by atoms with E-state index in [2.05, 4.69) is 0 Å². The quantitative estimate of drug-likeness (QED) is 0.590. The molecule has 3 aliphatic heterocycles. The average Bonchev–Trinajstić information content (AvgIpc) is 2.75. The summed E-state index contributed by atoms with van der Waals surface area (Å²) >= 11 is 0. The van der Waals surface area contributed by atoms with Gasteiger partial charge >= 0.3 is 6.09 Å². The highest BCUT2D eigenvalue weighted by atomic mass is 32.2. The molecule has 0 aromatic heterocycles. The number of nitrogens with zero attached hydrogens (tertiary/aromatic N) is 5. The molecule has 0 aromatic carbocycles. The van der Waals surface area contributed by atoms with Crippen LogP contribution in [0, 0.1) is 0 Å². The van der Waals surface area contributed by atoms with Crippen LogP contribution in [0.4, 0.5) is 4.79 Å². The molecule has 0 aromatic rings. The molecule has 2 amide bonds. The van der Waals surface area contributed by atoms with Crippen LogP contribution in [0.3, 0.4) is 0 Å². The lowest BCUT2D eigenvalue weighted by molar-refractivity contribution is -0.133. The standard InChI is InChI=1S/C18H33N5O5S/c1-2-28-18(25)21-10-14-23(15-11-21)29(26,27)22-12-8-19(9-13-22)16-17(24)20-6-4-3-5-7-20/h2-16H2,1H3. The third kappa shape index (κ3) is 5.59. The maximum atomic E-state index is 12.9. The molecule has 3 saturated heterocycles. The maximum absolute atomic E-state index is 12.9. The van der Waals surface area contributed by atoms with Crippen molar-refractivity contribution in [3.05, 3.63) is 0 Å². The third-order valence-corrected chi connectivity index (χ3v) is 7.85. The minimum Gasteiger partial charge on any atom is -0.450 e. The summed E-state index contributed by atoms with van der Waals surface area (Å²) in [4.78, 5) is 29.7. The fraction of sp³-hybridized carbons (Fsp3) is 0.889. The number of rotatable bonds is 5. The average molecular weight is 432 g/mol. The summed E-state index contributed by atoms with van der Waals surface area (Å²) in [7, 11) is -3.55. The smallest absolute Gasteiger partial charge is 0.409 e. The van der Waals surface area contributed by atoms with Gasteiger partial charge < -0.3 is 14.5 Å². The largest absolute Gasteiger partial charge is 0.450 e. The van der Waals surface area contributed by atoms with Crippen LogP contribution < -0.4 is 0 Å². The lowest BCUT2D eigenvalue weighted by Crippen LogP contribution is -2.58. The predicted molar refractivity (Wildman–Crippen MR) is 108 cm³/mol. The van der Waals surface area contributed by atoms with Gasteiger partial charge in [0.05, 0.1) is 13.2 Å². The first-order valence-electron chi connectivity index (χ1n) is 10.6. The molecule has 10 nitrogen and oxygen atoms in total. The molecule has 0 N–H and O–H groups in total. The van der Waals surface area contributed by atoms with Gasteiger partial charge in [-0.25, -0.2) is 4.79 Å². The van der Waals surface area contributed by atoms with Gasteiger partial charge in [0.2, 0.25) is 5.91 Å². The van der Waals surface area contributed by atoms with Crippen molar-refractivity contribution in [1.82, 2.24) is 23.3 Å². The second kappa shape index (κ2) is 10.1. The Balaban J connectivity index is 1.45. The highest BCUT2D eigenvalue weighted by Crippen LogP contribution is 2.16. The summed E-state index contributed by atoms with van der Waals surface area (Å²) in [5, 5.41) is 0. The zero-order valence-corrected chi connectivity index (χ0v) is 18.1. The Morgan fingerprint density at radius 3 is 1.86 bits per heavy atom. The number of piperidine rings is 1. The van der Waals surface area contributed by atoms with Crippen LogP contribution in [0.15, 0.2) is 0 Å². The third-order valence-electron chi connectivity index (χ3n) is 5.82. The Kier molecular flexibility index (Phi) is 7.72. The van der Waals surface area contributed by atoms with Crippen molar-refractivity contribution in [2.75, 3.05) is 78.6 Å². The van der Waals surface area contributed by atoms with Gasteiger partial charge in [0.25, 0.3) is 10.2 Å². The van der Waals surface area contributed by atoms with Crippen LogP contribution >= 0.6 is 0 Å². The number of hydrogen-bond donors (Lipinski definition) is 0. The van der Waals surface area contributed by atoms with Crippen LogP contribution in [0.5, 0.6) is 0 Å². The van der Waals surface area contributed by atoms with E-state index in [9.17, 15) is 18.0 Å². The first-order chi connectivity index (χ1) is 13.9. The van der Waals surface area contributed by atoms with E-state index >= 15 is 0 Å². The molecular formula is C18H33N5O5S. The van der Waals surface area contributed by atoms with Crippen molar-refractivity contribution in [2.24, 2.45) is 0 Å². The minimum absolute atomic E-state index is 0.149. The van der Waals surface area contributed by atoms with Crippen molar-refractivity contribution in [3.8, 4) is 0 Å². The van der Waals surface area contributed by atoms with Crippen molar-refractivity contribution in [3.63, 3.8) is 0 Å². The number of carbonyl (C=O) groups excluding carboxylic acids is 2. The normalized spacial score (nSPS) is 23.2. The van der Waals surface area contributed by atoms with E-state index in [1.54, 1.807) is 11.8 Å². The van der Waals surface area contributed by atoms with Crippen LogP contribution in [0.25, 0.3) is 0 Å². The molecule has 0 spiro atoms. The first kappa shape index (κ1) is 22.3. The lowest BCUT2D eigenvalue weighted by Gasteiger charge is -2.39. The van der Waals surface area contributed by atoms with Gasteiger partial charge in [0.1, 0.15) is 0 Å². The van der Waals surface area contributed by atoms with E-state index in [-0.39, 0.29) is 19.0 Å². The molecule has 166 valence electrons. The first-order valence-corrected chi connectivity index (χ1v) is 12.0. The molecule has 11 heteroatoms. The van der Waals surface area contributed by atoms with Gasteiger partial charge in [-0.15, -0.1) is 0 Å². The van der Waals surface area contributed by atoms with Gasteiger partial charge in [-0.1, -0.05) is 0 Å². The molecule has 3 rings (SSSR count). The monoisotopic (exact) mass is 431 g/mol. The number of carbonyl (C=O) groups is 2. The summed E-state index contributed by atoms with van der Waals surface area (Å²) in [5.41, 5.74) is 0. The summed E-state index contributed by atoms with van der Waals surface area (Å²) in [6, 6.07) is 0. The van der Waals surface area contributed by atoms with Crippen LogP contribution in [-0.4, -0.2) is 122 Å². The molecule has 29 heavy (non-hydrogen) atoms. The zero-order valence-electron chi connectivity index (χ0n) is 17.3. The molecular weight excluding hydrogens is 398 g/mol. The van der Waals surface area contributed by atoms with E-state index in [4.69, 9.17) is 4.74 Å². The number of ether oxygens (including phenoxy) is 1. The molecule has 3 fully saturated rings. The van der Waals surface area contributed by atoms with Gasteiger partial charge in [0, 0.05) is 65.4 Å². The van der Waals surface area contributed by atoms with Gasteiger partial charge in [0.15, 0.2) is 0 Å². The lowest BCUT2D eigenvalue weighted by atomic mass is 10.1. The Morgan fingerprint density at radius 1 is 0.759 bits per heavy atom. The Morgan fingerprint density at radius 2 is 1.31 bits per heavy atom. The van der Waals surface area contributed by atoms with E-state index in [1.807, 2.05) is 9.80 Å². The second-order valence-corrected chi connectivity index (χ2v) is 9.64. The molecule has 0 atom stereocenters. The van der Waals surface area contributed by atoms with E-state index < -0.39 is 16.3 Å². The van der Waals surface area contributed by atoms with Crippen LogP contribution in [0.2, 0.25) is 0 Å². The predicted octanol–water partition coefficient (Wildman–Crippen LogP) is -0.365. The van der Waals surface area contributed by atoms with Crippen LogP contribution in [0.1, 0.15) is 26.2 Å². The second-order valence-electron chi connectivity index (χ2n) is 7.71. The Hall–Kier alpha value is -1.43. The van der Waals surface area contributed by atoms with E-state index in [0.29, 0.717) is 52.4 Å². The Labute approximate surface area is 173 Å². The Bertz CT molecular complexity index is 666. The fourth-order valence-electron chi connectivity index (χ4n) is 4.03. The molecule has 0 radical (unpaired) electrons. The molecule has 0 bridgehead atoms. The van der Waals surface area contributed by atoms with Crippen LogP contribution in [-0.2, 0) is 19.7 Å². The van der Waals surface area contributed by atoms with Crippen molar-refractivity contribution in [2.45, 2.75) is 26.2 Å². The molecule has 0 unspecified atom stereocenters. The highest BCUT2D eigenvalue weighted by molar-refractivity contribution is 7.86. The van der Waals surface area contributed by atoms with Crippen molar-refractivity contribution in [1.29, 1.82) is 0 Å². The number of piperazine rings is 2. The van der Waals surface area contributed by atoms with E-state index in [1.165, 1.54) is 15.0 Å². The minimum atomic E-state index is -3.55. The van der Waals surface area contributed by atoms with Crippen molar-refractivity contribution < 1.29 is 22.7 Å². The molecule has 3 heterocycles. The fourth-order valence-corrected chi connectivity index (χ4v) is 5.61. The summed E-state index contributed by atoms with van der Waals surface area (Å²) in [5.74, 6) is 0.149. The van der Waals surface area contributed by atoms with Crippen molar-refractivity contribution >= 4 is 22.2 Å². The SMILES string of the molecule is CCOC(=O)N1CCN(S(=O)(=O)N2CCN(CC(=O)N3CCCCC3)CC2)CC1. The van der Waals surface area contributed by atoms with E-state index in [0.717, 1.165) is 25.9 Å². The summed E-state index contributed by atoms with van der Waals surface area (Å²) < 4.78 is 33.8. The van der Waals surface area contributed by atoms with Gasteiger partial charge in [-0.2, -0.15) is 17.0 Å². The molecule has 3 aliphatic rings. The maximum Gasteiger partial charge on any atom is 0.409 e. The highest BCUT2D eigenvalue weighted by Gasteiger charge is 2.35. The number of amides is 2. The topological polar surface area (TPSA) is 93.7 Å². The number of likely N-dealkylation sites (tertiary alicyclic amines) is 1. The van der Waals surface area contributed by atoms with Gasteiger partial charge in [-0.05, 0) is 26.2 Å². The molecule has 0 aliphatic carbocycles. The summed E-state index contributed by atoms with van der Waals surface area (Å²) in [6.07, 6.45) is 2.94. The number of hydrogen-bond acceptors (Lipinski definition) is 6. The molecule has 0 saturated carbocycles. The summed E-state index contributed by atoms with van der Waals surface area (Å²) in [6.45, 7) is 7.20.